The Morgan fingerprint density at radius 3 is 1.97 bits per heavy atom. The second kappa shape index (κ2) is 9.03. The van der Waals surface area contributed by atoms with Gasteiger partial charge in [-0.2, -0.15) is 0 Å². The van der Waals surface area contributed by atoms with Crippen LogP contribution in [0.25, 0.3) is 11.1 Å². The average molecular weight is 386 g/mol. The van der Waals surface area contributed by atoms with E-state index in [2.05, 4.69) is 58.3 Å². The summed E-state index contributed by atoms with van der Waals surface area (Å²) in [5.74, 6) is 0. The van der Waals surface area contributed by atoms with Gasteiger partial charge in [-0.3, -0.25) is 9.69 Å². The van der Waals surface area contributed by atoms with E-state index in [0.717, 1.165) is 44.6 Å². The van der Waals surface area contributed by atoms with Gasteiger partial charge in [0, 0.05) is 50.5 Å². The Morgan fingerprint density at radius 1 is 0.759 bits per heavy atom. The van der Waals surface area contributed by atoms with Gasteiger partial charge in [0.1, 0.15) is 6.29 Å². The van der Waals surface area contributed by atoms with Crippen molar-refractivity contribution in [2.24, 2.45) is 5.73 Å². The number of hydrogen-bond acceptors (Lipinski definition) is 4. The van der Waals surface area contributed by atoms with E-state index < -0.39 is 0 Å². The Balaban J connectivity index is 1.45. The molecule has 0 spiro atoms. The molecule has 0 unspecified atom stereocenters. The fourth-order valence-corrected chi connectivity index (χ4v) is 4.05. The first-order valence-electron chi connectivity index (χ1n) is 10.2. The zero-order valence-electron chi connectivity index (χ0n) is 16.6. The summed E-state index contributed by atoms with van der Waals surface area (Å²) in [5, 5.41) is 0. The van der Waals surface area contributed by atoms with Crippen LogP contribution >= 0.6 is 0 Å². The van der Waals surface area contributed by atoms with Crippen LogP contribution in [-0.2, 0) is 13.1 Å². The molecule has 2 N–H and O–H groups in total. The molecule has 4 nitrogen and oxygen atoms in total. The number of nitrogens with two attached hydrogens (primary N) is 1. The Hall–Kier alpha value is -2.95. The van der Waals surface area contributed by atoms with Gasteiger partial charge >= 0.3 is 0 Å². The van der Waals surface area contributed by atoms with Gasteiger partial charge < -0.3 is 10.6 Å². The van der Waals surface area contributed by atoms with Gasteiger partial charge in [0.15, 0.2) is 0 Å². The molecule has 0 radical (unpaired) electrons. The average Bonchev–Trinajstić information content (AvgIpc) is 2.80. The molecule has 3 aromatic rings. The molecule has 4 heteroatoms. The third kappa shape index (κ3) is 4.39. The minimum atomic E-state index is 0.548. The first-order valence-corrected chi connectivity index (χ1v) is 10.2. The van der Waals surface area contributed by atoms with Crippen LogP contribution in [-0.4, -0.2) is 37.4 Å². The summed E-state index contributed by atoms with van der Waals surface area (Å²) in [4.78, 5) is 15.8. The quantitative estimate of drug-likeness (QED) is 0.653. The largest absolute Gasteiger partial charge is 0.369 e. The number of aldehydes is 1. The first-order chi connectivity index (χ1) is 14.3. The van der Waals surface area contributed by atoms with Crippen LogP contribution in [0.4, 0.5) is 5.69 Å². The molecule has 4 rings (SSSR count). The lowest BCUT2D eigenvalue weighted by molar-refractivity contribution is 0.112. The molecule has 0 aliphatic carbocycles. The normalized spacial score (nSPS) is 14.7. The molecule has 1 heterocycles. The molecule has 0 saturated carbocycles. The van der Waals surface area contributed by atoms with E-state index in [0.29, 0.717) is 6.54 Å². The molecule has 3 aromatic carbocycles. The molecule has 1 aliphatic heterocycles. The standard InChI is InChI=1S/C25H27N3O/c26-17-21-5-1-3-7-24(21)25-8-4-2-6-22(25)18-27-13-15-28(16-14-27)23-11-9-20(19-29)10-12-23/h1-12,19H,13-18,26H2. The van der Waals surface area contributed by atoms with Crippen LogP contribution in [0.15, 0.2) is 72.8 Å². The van der Waals surface area contributed by atoms with Crippen LogP contribution in [0, 0.1) is 0 Å². The van der Waals surface area contributed by atoms with E-state index in [4.69, 9.17) is 5.73 Å². The highest BCUT2D eigenvalue weighted by Crippen LogP contribution is 2.28. The summed E-state index contributed by atoms with van der Waals surface area (Å²) in [5.41, 5.74) is 12.9. The Bertz CT molecular complexity index is 960. The zero-order chi connectivity index (χ0) is 20.1. The van der Waals surface area contributed by atoms with Gasteiger partial charge in [-0.25, -0.2) is 0 Å². The highest BCUT2D eigenvalue weighted by Gasteiger charge is 2.19. The van der Waals surface area contributed by atoms with E-state index in [1.807, 2.05) is 24.3 Å². The number of carbonyl (C=O) groups excluding carboxylic acids is 1. The lowest BCUT2D eigenvalue weighted by Crippen LogP contribution is -2.46. The summed E-state index contributed by atoms with van der Waals surface area (Å²) in [6.07, 6.45) is 0.891. The predicted octanol–water partition coefficient (Wildman–Crippen LogP) is 3.95. The number of hydrogen-bond donors (Lipinski definition) is 1. The van der Waals surface area contributed by atoms with E-state index >= 15 is 0 Å². The molecule has 1 fully saturated rings. The second-order valence-electron chi connectivity index (χ2n) is 7.49. The van der Waals surface area contributed by atoms with Crippen molar-refractivity contribution in [3.05, 3.63) is 89.5 Å². The van der Waals surface area contributed by atoms with Gasteiger partial charge in [0.2, 0.25) is 0 Å². The van der Waals surface area contributed by atoms with Crippen LogP contribution < -0.4 is 10.6 Å². The van der Waals surface area contributed by atoms with Gasteiger partial charge in [-0.05, 0) is 46.5 Å². The smallest absolute Gasteiger partial charge is 0.150 e. The minimum Gasteiger partial charge on any atom is -0.369 e. The third-order valence-corrected chi connectivity index (χ3v) is 5.71. The molecule has 0 aromatic heterocycles. The Kier molecular flexibility index (Phi) is 6.03. The SMILES string of the molecule is NCc1ccccc1-c1ccccc1CN1CCN(c2ccc(C=O)cc2)CC1. The Labute approximate surface area is 172 Å². The monoisotopic (exact) mass is 385 g/mol. The summed E-state index contributed by atoms with van der Waals surface area (Å²) >= 11 is 0. The van der Waals surface area contributed by atoms with Crippen LogP contribution in [0.3, 0.4) is 0 Å². The molecular formula is C25H27N3O. The van der Waals surface area contributed by atoms with Crippen molar-refractivity contribution in [3.63, 3.8) is 0 Å². The lowest BCUT2D eigenvalue weighted by Gasteiger charge is -2.36. The van der Waals surface area contributed by atoms with Crippen LogP contribution in [0.1, 0.15) is 21.5 Å². The van der Waals surface area contributed by atoms with Gasteiger partial charge in [-0.1, -0.05) is 48.5 Å². The number of piperazine rings is 1. The van der Waals surface area contributed by atoms with E-state index in [1.165, 1.54) is 27.9 Å². The summed E-state index contributed by atoms with van der Waals surface area (Å²) in [7, 11) is 0. The molecular weight excluding hydrogens is 358 g/mol. The van der Waals surface area contributed by atoms with E-state index in [-0.39, 0.29) is 0 Å². The van der Waals surface area contributed by atoms with Gasteiger partial charge in [0.05, 0.1) is 0 Å². The number of carbonyl (C=O) groups is 1. The summed E-state index contributed by atoms with van der Waals surface area (Å²) < 4.78 is 0. The number of nitrogens with zero attached hydrogens (tertiary/aromatic N) is 2. The molecule has 1 saturated heterocycles. The maximum atomic E-state index is 10.9. The van der Waals surface area contributed by atoms with Crippen LogP contribution in [0.5, 0.6) is 0 Å². The minimum absolute atomic E-state index is 0.548. The highest BCUT2D eigenvalue weighted by atomic mass is 16.1. The van der Waals surface area contributed by atoms with E-state index in [9.17, 15) is 4.79 Å². The number of benzene rings is 3. The summed E-state index contributed by atoms with van der Waals surface area (Å²) in [6, 6.07) is 24.9. The van der Waals surface area contributed by atoms with Crippen molar-refractivity contribution in [2.45, 2.75) is 13.1 Å². The molecule has 0 atom stereocenters. The van der Waals surface area contributed by atoms with Crippen molar-refractivity contribution < 1.29 is 4.79 Å². The van der Waals surface area contributed by atoms with Crippen molar-refractivity contribution in [3.8, 4) is 11.1 Å². The van der Waals surface area contributed by atoms with Gasteiger partial charge in [-0.15, -0.1) is 0 Å². The molecule has 0 amide bonds. The number of rotatable bonds is 6. The fourth-order valence-electron chi connectivity index (χ4n) is 4.05. The maximum absolute atomic E-state index is 10.9. The van der Waals surface area contributed by atoms with Crippen molar-refractivity contribution in [2.75, 3.05) is 31.1 Å². The second-order valence-corrected chi connectivity index (χ2v) is 7.49. The van der Waals surface area contributed by atoms with Crippen molar-refractivity contribution >= 4 is 12.0 Å². The lowest BCUT2D eigenvalue weighted by atomic mass is 9.95. The summed E-state index contributed by atoms with van der Waals surface area (Å²) in [6.45, 7) is 5.49. The topological polar surface area (TPSA) is 49.6 Å². The molecule has 29 heavy (non-hydrogen) atoms. The van der Waals surface area contributed by atoms with Crippen molar-refractivity contribution in [1.82, 2.24) is 4.90 Å². The third-order valence-electron chi connectivity index (χ3n) is 5.71. The molecule has 1 aliphatic rings. The first kappa shape index (κ1) is 19.4. The zero-order valence-corrected chi connectivity index (χ0v) is 16.6. The highest BCUT2D eigenvalue weighted by molar-refractivity contribution is 5.75. The fraction of sp³-hybridized carbons (Fsp3) is 0.240. The molecule has 0 bridgehead atoms. The van der Waals surface area contributed by atoms with Crippen molar-refractivity contribution in [1.29, 1.82) is 0 Å². The predicted molar refractivity (Wildman–Crippen MR) is 119 cm³/mol. The van der Waals surface area contributed by atoms with Gasteiger partial charge in [0.25, 0.3) is 0 Å². The molecule has 148 valence electrons. The maximum Gasteiger partial charge on any atom is 0.150 e. The number of anilines is 1. The van der Waals surface area contributed by atoms with E-state index in [1.54, 1.807) is 0 Å². The van der Waals surface area contributed by atoms with Crippen LogP contribution in [0.2, 0.25) is 0 Å². The Morgan fingerprint density at radius 2 is 1.34 bits per heavy atom.